The van der Waals surface area contributed by atoms with Crippen molar-refractivity contribution >= 4 is 12.1 Å². The molecule has 1 fully saturated rings. The van der Waals surface area contributed by atoms with Gasteiger partial charge in [0.15, 0.2) is 0 Å². The SMILES string of the molecule is CCCN1C2CCc3cccc(NC=O)c3[C@@H]2C[C@H]1C. The summed E-state index contributed by atoms with van der Waals surface area (Å²) in [6.45, 7) is 5.81. The lowest BCUT2D eigenvalue weighted by Crippen LogP contribution is -2.38. The van der Waals surface area contributed by atoms with Crippen molar-refractivity contribution in [2.24, 2.45) is 0 Å². The van der Waals surface area contributed by atoms with E-state index in [1.807, 2.05) is 6.07 Å². The van der Waals surface area contributed by atoms with Gasteiger partial charge in [-0.2, -0.15) is 0 Å². The topological polar surface area (TPSA) is 32.3 Å². The first-order valence-electron chi connectivity index (χ1n) is 7.84. The summed E-state index contributed by atoms with van der Waals surface area (Å²) < 4.78 is 0. The van der Waals surface area contributed by atoms with Gasteiger partial charge in [0.2, 0.25) is 6.41 Å². The van der Waals surface area contributed by atoms with Crippen LogP contribution in [0.15, 0.2) is 18.2 Å². The summed E-state index contributed by atoms with van der Waals surface area (Å²) in [5.41, 5.74) is 3.86. The highest BCUT2D eigenvalue weighted by atomic mass is 16.1. The van der Waals surface area contributed by atoms with Crippen LogP contribution in [0.5, 0.6) is 0 Å². The molecule has 1 aliphatic heterocycles. The number of fused-ring (bicyclic) bond motifs is 3. The number of rotatable bonds is 4. The number of likely N-dealkylation sites (tertiary alicyclic amines) is 1. The monoisotopic (exact) mass is 272 g/mol. The van der Waals surface area contributed by atoms with Gasteiger partial charge in [0.1, 0.15) is 0 Å². The first-order valence-corrected chi connectivity index (χ1v) is 7.84. The fourth-order valence-corrected chi connectivity index (χ4v) is 4.30. The summed E-state index contributed by atoms with van der Waals surface area (Å²) in [6.07, 6.45) is 5.63. The van der Waals surface area contributed by atoms with Crippen LogP contribution in [0.25, 0.3) is 0 Å². The molecule has 0 aromatic heterocycles. The van der Waals surface area contributed by atoms with Crippen LogP contribution in [0.4, 0.5) is 5.69 Å². The number of carbonyl (C=O) groups is 1. The van der Waals surface area contributed by atoms with Crippen molar-refractivity contribution in [3.63, 3.8) is 0 Å². The Labute approximate surface area is 121 Å². The molecule has 1 N–H and O–H groups in total. The standard InChI is InChI=1S/C17H24N2O/c1-3-9-19-12(2)10-14-16(19)8-7-13-5-4-6-15(17(13)14)18-11-20/h4-6,11-12,14,16H,3,7-10H2,1-2H3,(H,18,20)/t12-,14-,16?/m1/s1. The van der Waals surface area contributed by atoms with Gasteiger partial charge in [-0.25, -0.2) is 0 Å². The number of anilines is 1. The zero-order valence-electron chi connectivity index (χ0n) is 12.4. The third-order valence-corrected chi connectivity index (χ3v) is 5.02. The van der Waals surface area contributed by atoms with E-state index in [-0.39, 0.29) is 0 Å². The molecule has 1 unspecified atom stereocenters. The van der Waals surface area contributed by atoms with E-state index in [1.165, 1.54) is 36.9 Å². The van der Waals surface area contributed by atoms with Gasteiger partial charge < -0.3 is 5.32 Å². The summed E-state index contributed by atoms with van der Waals surface area (Å²) in [5.74, 6) is 0.587. The molecule has 1 aromatic carbocycles. The van der Waals surface area contributed by atoms with Crippen molar-refractivity contribution in [1.29, 1.82) is 0 Å². The fraction of sp³-hybridized carbons (Fsp3) is 0.588. The quantitative estimate of drug-likeness (QED) is 0.854. The second kappa shape index (κ2) is 5.57. The van der Waals surface area contributed by atoms with Gasteiger partial charge in [-0.15, -0.1) is 0 Å². The first kappa shape index (κ1) is 13.6. The van der Waals surface area contributed by atoms with Gasteiger partial charge in [0.05, 0.1) is 0 Å². The molecule has 0 radical (unpaired) electrons. The molecule has 3 nitrogen and oxygen atoms in total. The highest BCUT2D eigenvalue weighted by Crippen LogP contribution is 2.46. The number of aryl methyl sites for hydroxylation is 1. The number of carbonyl (C=O) groups excluding carboxylic acids is 1. The van der Waals surface area contributed by atoms with E-state index in [2.05, 4.69) is 36.2 Å². The van der Waals surface area contributed by atoms with Crippen LogP contribution in [0.1, 0.15) is 50.2 Å². The molecule has 3 heteroatoms. The van der Waals surface area contributed by atoms with Crippen molar-refractivity contribution in [2.75, 3.05) is 11.9 Å². The minimum Gasteiger partial charge on any atom is -0.328 e. The summed E-state index contributed by atoms with van der Waals surface area (Å²) in [4.78, 5) is 13.5. The molecular weight excluding hydrogens is 248 g/mol. The second-order valence-electron chi connectivity index (χ2n) is 6.18. The summed E-state index contributed by atoms with van der Waals surface area (Å²) in [6, 6.07) is 7.65. The smallest absolute Gasteiger partial charge is 0.211 e. The van der Waals surface area contributed by atoms with Crippen molar-refractivity contribution in [3.8, 4) is 0 Å². The van der Waals surface area contributed by atoms with Crippen LogP contribution < -0.4 is 5.32 Å². The highest BCUT2D eigenvalue weighted by molar-refractivity contribution is 5.75. The van der Waals surface area contributed by atoms with Gasteiger partial charge in [0, 0.05) is 23.7 Å². The highest BCUT2D eigenvalue weighted by Gasteiger charge is 2.42. The maximum Gasteiger partial charge on any atom is 0.211 e. The van der Waals surface area contributed by atoms with E-state index in [1.54, 1.807) is 0 Å². The maximum absolute atomic E-state index is 10.9. The zero-order valence-corrected chi connectivity index (χ0v) is 12.4. The lowest BCUT2D eigenvalue weighted by molar-refractivity contribution is -0.105. The molecule has 20 heavy (non-hydrogen) atoms. The van der Waals surface area contributed by atoms with Gasteiger partial charge in [-0.3, -0.25) is 9.69 Å². The predicted octanol–water partition coefficient (Wildman–Crippen LogP) is 3.16. The van der Waals surface area contributed by atoms with Crippen LogP contribution in [-0.4, -0.2) is 29.9 Å². The second-order valence-corrected chi connectivity index (χ2v) is 6.18. The van der Waals surface area contributed by atoms with Crippen LogP contribution >= 0.6 is 0 Å². The van der Waals surface area contributed by atoms with Crippen molar-refractivity contribution < 1.29 is 4.79 Å². The number of benzene rings is 1. The summed E-state index contributed by atoms with van der Waals surface area (Å²) in [5, 5.41) is 2.91. The van der Waals surface area contributed by atoms with Crippen molar-refractivity contribution in [2.45, 2.75) is 57.5 Å². The molecule has 0 bridgehead atoms. The molecule has 2 aliphatic rings. The Hall–Kier alpha value is -1.35. The minimum absolute atomic E-state index is 0.587. The lowest BCUT2D eigenvalue weighted by atomic mass is 9.78. The number of hydrogen-bond donors (Lipinski definition) is 1. The Morgan fingerprint density at radius 2 is 2.30 bits per heavy atom. The number of nitrogens with zero attached hydrogens (tertiary/aromatic N) is 1. The fourth-order valence-electron chi connectivity index (χ4n) is 4.30. The Kier molecular flexibility index (Phi) is 3.79. The molecular formula is C17H24N2O. The van der Waals surface area contributed by atoms with E-state index in [9.17, 15) is 4.79 Å². The van der Waals surface area contributed by atoms with Crippen LogP contribution in [0.3, 0.4) is 0 Å². The average Bonchev–Trinajstić information content (AvgIpc) is 2.76. The first-order chi connectivity index (χ1) is 9.76. The number of nitrogens with one attached hydrogen (secondary N) is 1. The van der Waals surface area contributed by atoms with Gasteiger partial charge in [0.25, 0.3) is 0 Å². The van der Waals surface area contributed by atoms with Crippen molar-refractivity contribution in [1.82, 2.24) is 4.90 Å². The summed E-state index contributed by atoms with van der Waals surface area (Å²) >= 11 is 0. The minimum atomic E-state index is 0.587. The van der Waals surface area contributed by atoms with Gasteiger partial charge >= 0.3 is 0 Å². The van der Waals surface area contributed by atoms with E-state index in [4.69, 9.17) is 0 Å². The molecule has 1 saturated heterocycles. The largest absolute Gasteiger partial charge is 0.328 e. The van der Waals surface area contributed by atoms with E-state index in [0.717, 1.165) is 18.5 Å². The van der Waals surface area contributed by atoms with Crippen LogP contribution in [0.2, 0.25) is 0 Å². The van der Waals surface area contributed by atoms with Crippen molar-refractivity contribution in [3.05, 3.63) is 29.3 Å². The van der Waals surface area contributed by atoms with Gasteiger partial charge in [-0.1, -0.05) is 19.1 Å². The molecule has 1 aromatic rings. The van der Waals surface area contributed by atoms with E-state index >= 15 is 0 Å². The normalized spacial score (nSPS) is 28.8. The Bertz CT molecular complexity index is 500. The number of amides is 1. The third-order valence-electron chi connectivity index (χ3n) is 5.02. The van der Waals surface area contributed by atoms with Crippen LogP contribution in [0, 0.1) is 0 Å². The molecule has 0 spiro atoms. The summed E-state index contributed by atoms with van der Waals surface area (Å²) in [7, 11) is 0. The maximum atomic E-state index is 10.9. The number of hydrogen-bond acceptors (Lipinski definition) is 2. The molecule has 3 atom stereocenters. The third kappa shape index (κ3) is 2.14. The van der Waals surface area contributed by atoms with E-state index < -0.39 is 0 Å². The molecule has 1 amide bonds. The Morgan fingerprint density at radius 1 is 1.45 bits per heavy atom. The van der Waals surface area contributed by atoms with Crippen LogP contribution in [-0.2, 0) is 11.2 Å². The lowest BCUT2D eigenvalue weighted by Gasteiger charge is -2.35. The zero-order chi connectivity index (χ0) is 14.1. The predicted molar refractivity (Wildman–Crippen MR) is 82.1 cm³/mol. The van der Waals surface area contributed by atoms with Gasteiger partial charge in [-0.05, 0) is 56.3 Å². The van der Waals surface area contributed by atoms with E-state index in [0.29, 0.717) is 18.0 Å². The molecule has 1 heterocycles. The average molecular weight is 272 g/mol. The molecule has 3 rings (SSSR count). The molecule has 0 saturated carbocycles. The Balaban J connectivity index is 1.97. The molecule has 1 aliphatic carbocycles. The molecule has 108 valence electrons. The Morgan fingerprint density at radius 3 is 3.05 bits per heavy atom.